The van der Waals surface area contributed by atoms with E-state index in [-0.39, 0.29) is 11.3 Å². The number of rotatable bonds is 2. The number of phenols is 1. The maximum atomic E-state index is 11.6. The van der Waals surface area contributed by atoms with Gasteiger partial charge >= 0.3 is 5.97 Å². The molecule has 0 saturated carbocycles. The molecule has 1 aromatic heterocycles. The highest BCUT2D eigenvalue weighted by atomic mass is 16.4. The fraction of sp³-hybridized carbons (Fsp3) is 0.111. The van der Waals surface area contributed by atoms with Crippen molar-refractivity contribution in [3.05, 3.63) is 59.2 Å². The van der Waals surface area contributed by atoms with E-state index in [2.05, 4.69) is 4.98 Å². The minimum atomic E-state index is -0.971. The number of aromatic hydroxyl groups is 1. The molecular formula is C18H15NO3. The number of carboxylic acids is 1. The lowest BCUT2D eigenvalue weighted by Crippen LogP contribution is -2.02. The number of pyridine rings is 1. The molecule has 0 aliphatic rings. The predicted octanol–water partition coefficient (Wildman–Crippen LogP) is 3.92. The van der Waals surface area contributed by atoms with Crippen LogP contribution in [0.25, 0.3) is 22.2 Å². The fourth-order valence-electron chi connectivity index (χ4n) is 2.59. The number of carbonyl (C=O) groups is 1. The zero-order valence-corrected chi connectivity index (χ0v) is 12.3. The van der Waals surface area contributed by atoms with Gasteiger partial charge in [-0.05, 0) is 55.3 Å². The molecule has 0 amide bonds. The Labute approximate surface area is 127 Å². The van der Waals surface area contributed by atoms with E-state index >= 15 is 0 Å². The Kier molecular flexibility index (Phi) is 3.29. The predicted molar refractivity (Wildman–Crippen MR) is 85.3 cm³/mol. The van der Waals surface area contributed by atoms with Gasteiger partial charge in [0.15, 0.2) is 0 Å². The van der Waals surface area contributed by atoms with Crippen molar-refractivity contribution < 1.29 is 15.0 Å². The summed E-state index contributed by atoms with van der Waals surface area (Å²) in [6.07, 6.45) is 0. The number of benzene rings is 2. The van der Waals surface area contributed by atoms with Crippen molar-refractivity contribution in [2.75, 3.05) is 0 Å². The Hall–Kier alpha value is -2.88. The van der Waals surface area contributed by atoms with Gasteiger partial charge in [0.2, 0.25) is 0 Å². The Balaban J connectivity index is 2.36. The van der Waals surface area contributed by atoms with Crippen LogP contribution in [0.2, 0.25) is 0 Å². The first kappa shape index (κ1) is 14.1. The Morgan fingerprint density at radius 1 is 1.00 bits per heavy atom. The molecule has 0 aliphatic carbocycles. The summed E-state index contributed by atoms with van der Waals surface area (Å²) in [4.78, 5) is 16.3. The van der Waals surface area contributed by atoms with Gasteiger partial charge in [0.1, 0.15) is 5.75 Å². The molecule has 0 bridgehead atoms. The molecular weight excluding hydrogens is 278 g/mol. The van der Waals surface area contributed by atoms with E-state index in [9.17, 15) is 15.0 Å². The van der Waals surface area contributed by atoms with Gasteiger partial charge < -0.3 is 10.2 Å². The van der Waals surface area contributed by atoms with Gasteiger partial charge in [0.25, 0.3) is 0 Å². The maximum absolute atomic E-state index is 11.6. The maximum Gasteiger partial charge on any atom is 0.336 e. The molecule has 110 valence electrons. The molecule has 3 rings (SSSR count). The zero-order valence-electron chi connectivity index (χ0n) is 12.3. The quantitative estimate of drug-likeness (QED) is 0.751. The zero-order chi connectivity index (χ0) is 15.9. The lowest BCUT2D eigenvalue weighted by molar-refractivity contribution is 0.0699. The summed E-state index contributed by atoms with van der Waals surface area (Å²) in [6.45, 7) is 3.80. The van der Waals surface area contributed by atoms with Gasteiger partial charge in [-0.1, -0.05) is 12.1 Å². The number of carboxylic acid groups (broad SMARTS) is 1. The third-order valence-corrected chi connectivity index (χ3v) is 3.76. The third kappa shape index (κ3) is 2.29. The van der Waals surface area contributed by atoms with Gasteiger partial charge in [-0.15, -0.1) is 0 Å². The van der Waals surface area contributed by atoms with Crippen LogP contribution in [0.15, 0.2) is 42.5 Å². The number of fused-ring (bicyclic) bond motifs is 1. The normalized spacial score (nSPS) is 10.8. The van der Waals surface area contributed by atoms with E-state index in [1.807, 2.05) is 26.0 Å². The second-order valence-electron chi connectivity index (χ2n) is 5.33. The van der Waals surface area contributed by atoms with Crippen LogP contribution >= 0.6 is 0 Å². The molecule has 2 N–H and O–H groups in total. The molecule has 3 aromatic rings. The summed E-state index contributed by atoms with van der Waals surface area (Å²) in [6, 6.07) is 12.0. The van der Waals surface area contributed by atoms with Crippen LogP contribution in [-0.4, -0.2) is 21.2 Å². The molecule has 1 heterocycles. The van der Waals surface area contributed by atoms with E-state index in [1.54, 1.807) is 30.3 Å². The molecule has 0 aliphatic heterocycles. The van der Waals surface area contributed by atoms with E-state index < -0.39 is 5.97 Å². The Morgan fingerprint density at radius 2 is 1.64 bits per heavy atom. The van der Waals surface area contributed by atoms with Crippen LogP contribution in [0.4, 0.5) is 0 Å². The second-order valence-corrected chi connectivity index (χ2v) is 5.33. The van der Waals surface area contributed by atoms with Crippen molar-refractivity contribution in [2.24, 2.45) is 0 Å². The minimum Gasteiger partial charge on any atom is -0.508 e. The van der Waals surface area contributed by atoms with E-state index in [4.69, 9.17) is 0 Å². The first-order valence-corrected chi connectivity index (χ1v) is 6.91. The Morgan fingerprint density at radius 3 is 2.27 bits per heavy atom. The molecule has 0 radical (unpaired) electrons. The molecule has 0 atom stereocenters. The Bertz CT molecular complexity index is 883. The van der Waals surface area contributed by atoms with Gasteiger partial charge in [-0.2, -0.15) is 0 Å². The van der Waals surface area contributed by atoms with Gasteiger partial charge in [0.05, 0.1) is 16.8 Å². The van der Waals surface area contributed by atoms with Gasteiger partial charge in [-0.25, -0.2) is 9.78 Å². The molecule has 4 heteroatoms. The van der Waals surface area contributed by atoms with Gasteiger partial charge in [0, 0.05) is 10.9 Å². The van der Waals surface area contributed by atoms with E-state index in [0.29, 0.717) is 16.6 Å². The van der Waals surface area contributed by atoms with Crippen molar-refractivity contribution in [1.29, 1.82) is 0 Å². The summed E-state index contributed by atoms with van der Waals surface area (Å²) in [7, 11) is 0. The smallest absolute Gasteiger partial charge is 0.336 e. The summed E-state index contributed by atoms with van der Waals surface area (Å²) in [5.74, 6) is -0.809. The van der Waals surface area contributed by atoms with Crippen molar-refractivity contribution in [1.82, 2.24) is 4.98 Å². The number of aromatic nitrogens is 1. The minimum absolute atomic E-state index is 0.162. The summed E-state index contributed by atoms with van der Waals surface area (Å²) < 4.78 is 0. The number of hydrogen-bond acceptors (Lipinski definition) is 3. The van der Waals surface area contributed by atoms with Crippen molar-refractivity contribution in [3.63, 3.8) is 0 Å². The topological polar surface area (TPSA) is 70.4 Å². The van der Waals surface area contributed by atoms with Crippen molar-refractivity contribution >= 4 is 16.9 Å². The van der Waals surface area contributed by atoms with Gasteiger partial charge in [-0.3, -0.25) is 0 Å². The van der Waals surface area contributed by atoms with Crippen LogP contribution < -0.4 is 0 Å². The third-order valence-electron chi connectivity index (χ3n) is 3.76. The lowest BCUT2D eigenvalue weighted by atomic mass is 9.98. The van der Waals surface area contributed by atoms with Crippen molar-refractivity contribution in [3.8, 4) is 17.0 Å². The lowest BCUT2D eigenvalue weighted by Gasteiger charge is -2.11. The fourth-order valence-corrected chi connectivity index (χ4v) is 2.59. The highest BCUT2D eigenvalue weighted by Crippen LogP contribution is 2.29. The molecule has 22 heavy (non-hydrogen) atoms. The summed E-state index contributed by atoms with van der Waals surface area (Å²) in [5.41, 5.74) is 4.12. The van der Waals surface area contributed by atoms with Crippen LogP contribution in [-0.2, 0) is 0 Å². The first-order chi connectivity index (χ1) is 10.5. The van der Waals surface area contributed by atoms with E-state index in [1.165, 1.54) is 0 Å². The van der Waals surface area contributed by atoms with Crippen LogP contribution in [0.3, 0.4) is 0 Å². The van der Waals surface area contributed by atoms with Crippen LogP contribution in [0.1, 0.15) is 21.5 Å². The summed E-state index contributed by atoms with van der Waals surface area (Å²) in [5, 5.41) is 19.6. The summed E-state index contributed by atoms with van der Waals surface area (Å²) >= 11 is 0. The largest absolute Gasteiger partial charge is 0.508 e. The number of nitrogens with zero attached hydrogens (tertiary/aromatic N) is 1. The monoisotopic (exact) mass is 293 g/mol. The molecule has 0 spiro atoms. The first-order valence-electron chi connectivity index (χ1n) is 6.91. The number of phenolic OH excluding ortho intramolecular Hbond substituents is 1. The molecule has 2 aromatic carbocycles. The second kappa shape index (κ2) is 5.15. The van der Waals surface area contributed by atoms with Crippen LogP contribution in [0, 0.1) is 13.8 Å². The standard InChI is InChI=1S/C18H15NO3/c1-10-3-4-11(2)17-16(10)14(18(21)22)9-15(19-17)12-5-7-13(20)8-6-12/h3-9,20H,1-2H3,(H,21,22). The van der Waals surface area contributed by atoms with Crippen LogP contribution in [0.5, 0.6) is 5.75 Å². The average molecular weight is 293 g/mol. The number of aryl methyl sites for hydroxylation is 2. The average Bonchev–Trinajstić information content (AvgIpc) is 2.50. The molecule has 4 nitrogen and oxygen atoms in total. The SMILES string of the molecule is Cc1ccc(C)c2c(C(=O)O)cc(-c3ccc(O)cc3)nc12. The van der Waals surface area contributed by atoms with Crippen molar-refractivity contribution in [2.45, 2.75) is 13.8 Å². The molecule has 0 fully saturated rings. The highest BCUT2D eigenvalue weighted by molar-refractivity contribution is 6.05. The molecule has 0 unspecified atom stereocenters. The molecule has 0 saturated heterocycles. The number of hydrogen-bond donors (Lipinski definition) is 2. The highest BCUT2D eigenvalue weighted by Gasteiger charge is 2.16. The van der Waals surface area contributed by atoms with E-state index in [0.717, 1.165) is 16.7 Å². The number of aromatic carboxylic acids is 1.